The smallest absolute Gasteiger partial charge is 0.242 e. The minimum atomic E-state index is -3.55. The zero-order valence-corrected chi connectivity index (χ0v) is 15.1. The molecule has 0 aromatic heterocycles. The maximum Gasteiger partial charge on any atom is 0.242 e. The summed E-state index contributed by atoms with van der Waals surface area (Å²) in [6.07, 6.45) is 0. The van der Waals surface area contributed by atoms with Crippen molar-refractivity contribution >= 4 is 21.5 Å². The zero-order chi connectivity index (χ0) is 17.9. The number of anilines is 1. The van der Waals surface area contributed by atoms with Crippen LogP contribution in [0.1, 0.15) is 21.5 Å². The maximum atomic E-state index is 12.4. The van der Waals surface area contributed by atoms with E-state index in [9.17, 15) is 13.2 Å². The van der Waals surface area contributed by atoms with Gasteiger partial charge < -0.3 is 5.32 Å². The molecule has 0 bridgehead atoms. The van der Waals surface area contributed by atoms with Crippen LogP contribution in [0.15, 0.2) is 47.4 Å². The molecule has 0 unspecified atom stereocenters. The number of carbonyl (C=O) groups excluding carboxylic acids is 1. The second-order valence-corrected chi connectivity index (χ2v) is 8.06. The SMILES string of the molecule is Cc1ccc(C)c(NCC(=O)c2cccc(S(=O)(=O)N(C)C)c2)c1. The third-order valence-electron chi connectivity index (χ3n) is 3.77. The van der Waals surface area contributed by atoms with Gasteiger partial charge in [-0.3, -0.25) is 4.79 Å². The number of benzene rings is 2. The fraction of sp³-hybridized carbons (Fsp3) is 0.278. The van der Waals surface area contributed by atoms with E-state index in [2.05, 4.69) is 5.32 Å². The summed E-state index contributed by atoms with van der Waals surface area (Å²) in [5.74, 6) is -0.160. The van der Waals surface area contributed by atoms with E-state index in [0.29, 0.717) is 5.56 Å². The van der Waals surface area contributed by atoms with Gasteiger partial charge >= 0.3 is 0 Å². The summed E-state index contributed by atoms with van der Waals surface area (Å²) in [5, 5.41) is 3.12. The van der Waals surface area contributed by atoms with Crippen molar-refractivity contribution in [1.82, 2.24) is 4.31 Å². The monoisotopic (exact) mass is 346 g/mol. The molecule has 2 aromatic rings. The number of nitrogens with zero attached hydrogens (tertiary/aromatic N) is 1. The third kappa shape index (κ3) is 4.01. The molecule has 2 rings (SSSR count). The average molecular weight is 346 g/mol. The molecule has 0 aliphatic rings. The van der Waals surface area contributed by atoms with Crippen molar-refractivity contribution in [3.63, 3.8) is 0 Å². The molecule has 2 aromatic carbocycles. The Balaban J connectivity index is 2.18. The molecule has 6 heteroatoms. The number of hydrogen-bond donors (Lipinski definition) is 1. The molecule has 0 radical (unpaired) electrons. The molecule has 0 saturated carbocycles. The van der Waals surface area contributed by atoms with Gasteiger partial charge in [-0.1, -0.05) is 24.3 Å². The predicted octanol–water partition coefficient (Wildman–Crippen LogP) is 2.85. The van der Waals surface area contributed by atoms with Crippen LogP contribution in [0.5, 0.6) is 0 Å². The van der Waals surface area contributed by atoms with Crippen LogP contribution >= 0.6 is 0 Å². The van der Waals surface area contributed by atoms with Gasteiger partial charge in [0.05, 0.1) is 11.4 Å². The minimum Gasteiger partial charge on any atom is -0.377 e. The van der Waals surface area contributed by atoms with Crippen molar-refractivity contribution in [3.8, 4) is 0 Å². The molecule has 128 valence electrons. The van der Waals surface area contributed by atoms with Gasteiger partial charge in [-0.25, -0.2) is 12.7 Å². The van der Waals surface area contributed by atoms with Gasteiger partial charge in [0.1, 0.15) is 0 Å². The second kappa shape index (κ2) is 7.15. The molecule has 0 spiro atoms. The largest absolute Gasteiger partial charge is 0.377 e. The van der Waals surface area contributed by atoms with Crippen LogP contribution < -0.4 is 5.32 Å². The fourth-order valence-electron chi connectivity index (χ4n) is 2.24. The van der Waals surface area contributed by atoms with Crippen LogP contribution in [0, 0.1) is 13.8 Å². The van der Waals surface area contributed by atoms with Crippen LogP contribution in [0.4, 0.5) is 5.69 Å². The molecule has 0 amide bonds. The highest BCUT2D eigenvalue weighted by Gasteiger charge is 2.18. The molecular weight excluding hydrogens is 324 g/mol. The number of rotatable bonds is 6. The van der Waals surface area contributed by atoms with Crippen molar-refractivity contribution in [3.05, 3.63) is 59.2 Å². The van der Waals surface area contributed by atoms with E-state index < -0.39 is 10.0 Å². The lowest BCUT2D eigenvalue weighted by Crippen LogP contribution is -2.22. The number of hydrogen-bond acceptors (Lipinski definition) is 4. The first kappa shape index (κ1) is 18.2. The normalized spacial score (nSPS) is 11.5. The van der Waals surface area contributed by atoms with Crippen LogP contribution in [-0.2, 0) is 10.0 Å². The van der Waals surface area contributed by atoms with Gasteiger partial charge in [-0.15, -0.1) is 0 Å². The Labute approximate surface area is 143 Å². The van der Waals surface area contributed by atoms with Crippen molar-refractivity contribution in [2.45, 2.75) is 18.7 Å². The molecule has 0 heterocycles. The highest BCUT2D eigenvalue weighted by atomic mass is 32.2. The van der Waals surface area contributed by atoms with E-state index in [-0.39, 0.29) is 17.2 Å². The van der Waals surface area contributed by atoms with Crippen LogP contribution in [0.2, 0.25) is 0 Å². The number of carbonyl (C=O) groups is 1. The number of aryl methyl sites for hydroxylation is 2. The van der Waals surface area contributed by atoms with E-state index in [0.717, 1.165) is 21.1 Å². The molecular formula is C18H22N2O3S. The lowest BCUT2D eigenvalue weighted by atomic mass is 10.1. The summed E-state index contributed by atoms with van der Waals surface area (Å²) in [4.78, 5) is 12.5. The van der Waals surface area contributed by atoms with Crippen molar-refractivity contribution < 1.29 is 13.2 Å². The fourth-order valence-corrected chi connectivity index (χ4v) is 3.19. The molecule has 0 aliphatic carbocycles. The average Bonchev–Trinajstić information content (AvgIpc) is 2.55. The van der Waals surface area contributed by atoms with Gasteiger partial charge in [-0.05, 0) is 43.2 Å². The molecule has 0 saturated heterocycles. The number of Topliss-reactive ketones (excluding diaryl/α,β-unsaturated/α-hetero) is 1. The Morgan fingerprint density at radius 1 is 1.08 bits per heavy atom. The Bertz CT molecular complexity index is 858. The van der Waals surface area contributed by atoms with Crippen LogP contribution in [0.25, 0.3) is 0 Å². The second-order valence-electron chi connectivity index (χ2n) is 5.91. The maximum absolute atomic E-state index is 12.4. The van der Waals surface area contributed by atoms with Gasteiger partial charge in [-0.2, -0.15) is 0 Å². The van der Waals surface area contributed by atoms with Gasteiger partial charge in [0.25, 0.3) is 0 Å². The van der Waals surface area contributed by atoms with Crippen LogP contribution in [0.3, 0.4) is 0 Å². The standard InChI is InChI=1S/C18H22N2O3S/c1-13-8-9-14(2)17(10-13)19-12-18(21)15-6-5-7-16(11-15)24(22,23)20(3)4/h5-11,19H,12H2,1-4H3. The molecule has 0 fully saturated rings. The lowest BCUT2D eigenvalue weighted by molar-refractivity contribution is 0.101. The van der Waals surface area contributed by atoms with Crippen LogP contribution in [-0.4, -0.2) is 39.1 Å². The topological polar surface area (TPSA) is 66.5 Å². The molecule has 1 N–H and O–H groups in total. The Morgan fingerprint density at radius 2 is 1.79 bits per heavy atom. The van der Waals surface area contributed by atoms with Crippen molar-refractivity contribution in [2.24, 2.45) is 0 Å². The third-order valence-corrected chi connectivity index (χ3v) is 5.58. The summed E-state index contributed by atoms with van der Waals surface area (Å²) >= 11 is 0. The summed E-state index contributed by atoms with van der Waals surface area (Å²) < 4.78 is 25.5. The first-order valence-electron chi connectivity index (χ1n) is 7.59. The lowest BCUT2D eigenvalue weighted by Gasteiger charge is -2.13. The van der Waals surface area contributed by atoms with E-state index >= 15 is 0 Å². The number of nitrogens with one attached hydrogen (secondary N) is 1. The molecule has 0 atom stereocenters. The Kier molecular flexibility index (Phi) is 5.41. The van der Waals surface area contributed by atoms with Gasteiger partial charge in [0.15, 0.2) is 5.78 Å². The molecule has 24 heavy (non-hydrogen) atoms. The summed E-state index contributed by atoms with van der Waals surface area (Å²) in [6, 6.07) is 12.1. The Hall–Kier alpha value is -2.18. The summed E-state index contributed by atoms with van der Waals surface area (Å²) in [6.45, 7) is 4.06. The van der Waals surface area contributed by atoms with E-state index in [1.165, 1.54) is 26.2 Å². The Morgan fingerprint density at radius 3 is 2.46 bits per heavy atom. The number of sulfonamides is 1. The van der Waals surface area contributed by atoms with Gasteiger partial charge in [0, 0.05) is 25.3 Å². The van der Waals surface area contributed by atoms with E-state index in [1.54, 1.807) is 12.1 Å². The first-order chi connectivity index (χ1) is 11.2. The predicted molar refractivity (Wildman–Crippen MR) is 96.1 cm³/mol. The molecule has 5 nitrogen and oxygen atoms in total. The molecule has 0 aliphatic heterocycles. The highest BCUT2D eigenvalue weighted by molar-refractivity contribution is 7.89. The zero-order valence-electron chi connectivity index (χ0n) is 14.3. The van der Waals surface area contributed by atoms with Gasteiger partial charge in [0.2, 0.25) is 10.0 Å². The minimum absolute atomic E-state index is 0.107. The quantitative estimate of drug-likeness (QED) is 0.817. The first-order valence-corrected chi connectivity index (χ1v) is 9.03. The summed E-state index contributed by atoms with van der Waals surface area (Å²) in [7, 11) is -0.623. The summed E-state index contributed by atoms with van der Waals surface area (Å²) in [5.41, 5.74) is 3.43. The van der Waals surface area contributed by atoms with E-state index in [1.807, 2.05) is 32.0 Å². The van der Waals surface area contributed by atoms with Crippen molar-refractivity contribution in [2.75, 3.05) is 26.0 Å². The van der Waals surface area contributed by atoms with Crippen molar-refractivity contribution in [1.29, 1.82) is 0 Å². The highest BCUT2D eigenvalue weighted by Crippen LogP contribution is 2.18. The number of ketones is 1. The van der Waals surface area contributed by atoms with E-state index in [4.69, 9.17) is 0 Å².